The van der Waals surface area contributed by atoms with E-state index in [0.29, 0.717) is 0 Å². The third-order valence-electron chi connectivity index (χ3n) is 2.24. The van der Waals surface area contributed by atoms with Gasteiger partial charge in [0.1, 0.15) is 0 Å². The van der Waals surface area contributed by atoms with E-state index >= 15 is 0 Å². The molecule has 1 aromatic heterocycles. The molecule has 0 saturated carbocycles. The summed E-state index contributed by atoms with van der Waals surface area (Å²) in [6.07, 6.45) is 0. The minimum Gasteiger partial charge on any atom is -0.233 e. The van der Waals surface area contributed by atoms with E-state index in [-0.39, 0.29) is 10.8 Å². The first-order valence-electron chi connectivity index (χ1n) is 5.34. The first kappa shape index (κ1) is 12.1. The monoisotopic (exact) mass is 207 g/mol. The molecule has 0 saturated heterocycles. The highest BCUT2D eigenvalue weighted by Gasteiger charge is 2.24. The van der Waals surface area contributed by atoms with Crippen LogP contribution in [0.3, 0.4) is 0 Å². The van der Waals surface area contributed by atoms with E-state index < -0.39 is 0 Å². The van der Waals surface area contributed by atoms with Crippen LogP contribution in [-0.2, 0) is 10.8 Å². The van der Waals surface area contributed by atoms with Crippen LogP contribution >= 0.6 is 0 Å². The third kappa shape index (κ3) is 2.74. The van der Waals surface area contributed by atoms with Gasteiger partial charge in [-0.2, -0.15) is 5.10 Å². The third-order valence-corrected chi connectivity index (χ3v) is 2.24. The molecular formula is C12H21N3. The quantitative estimate of drug-likeness (QED) is 0.656. The van der Waals surface area contributed by atoms with Gasteiger partial charge in [0, 0.05) is 10.8 Å². The lowest BCUT2D eigenvalue weighted by atomic mass is 9.89. The molecule has 3 heteroatoms. The molecular weight excluding hydrogens is 186 g/mol. The van der Waals surface area contributed by atoms with E-state index in [1.807, 2.05) is 6.92 Å². The van der Waals surface area contributed by atoms with Crippen molar-refractivity contribution in [3.05, 3.63) is 17.2 Å². The standard InChI is InChI=1S/C12H21N3/c1-8-9(11(2,3)4)13-10(15-14-8)12(5,6)7/h1-7H3. The van der Waals surface area contributed by atoms with Crippen molar-refractivity contribution in [1.82, 2.24) is 15.2 Å². The minimum absolute atomic E-state index is 0.0278. The van der Waals surface area contributed by atoms with Crippen LogP contribution in [0, 0.1) is 6.92 Å². The maximum Gasteiger partial charge on any atom is 0.156 e. The zero-order valence-electron chi connectivity index (χ0n) is 10.8. The van der Waals surface area contributed by atoms with E-state index in [1.165, 1.54) is 0 Å². The summed E-state index contributed by atoms with van der Waals surface area (Å²) in [6, 6.07) is 0. The Kier molecular flexibility index (Phi) is 2.85. The van der Waals surface area contributed by atoms with Crippen LogP contribution in [0.25, 0.3) is 0 Å². The molecule has 1 rings (SSSR count). The zero-order chi connectivity index (χ0) is 11.9. The minimum atomic E-state index is -0.0410. The molecule has 84 valence electrons. The van der Waals surface area contributed by atoms with Crippen LogP contribution < -0.4 is 0 Å². The molecule has 1 heterocycles. The van der Waals surface area contributed by atoms with Crippen molar-refractivity contribution >= 4 is 0 Å². The maximum absolute atomic E-state index is 4.64. The summed E-state index contributed by atoms with van der Waals surface area (Å²) in [5.74, 6) is 0.818. The van der Waals surface area contributed by atoms with Crippen molar-refractivity contribution in [2.75, 3.05) is 0 Å². The summed E-state index contributed by atoms with van der Waals surface area (Å²) in [6.45, 7) is 14.7. The fraction of sp³-hybridized carbons (Fsp3) is 0.750. The van der Waals surface area contributed by atoms with Gasteiger partial charge in [-0.3, -0.25) is 0 Å². The number of aryl methyl sites for hydroxylation is 1. The molecule has 1 aromatic rings. The summed E-state index contributed by atoms with van der Waals surface area (Å²) < 4.78 is 0. The first-order valence-corrected chi connectivity index (χ1v) is 5.34. The lowest BCUT2D eigenvalue weighted by Gasteiger charge is -2.23. The Labute approximate surface area is 92.3 Å². The second kappa shape index (κ2) is 3.54. The van der Waals surface area contributed by atoms with Crippen molar-refractivity contribution in [2.24, 2.45) is 0 Å². The van der Waals surface area contributed by atoms with Crippen molar-refractivity contribution in [3.63, 3.8) is 0 Å². The van der Waals surface area contributed by atoms with Gasteiger partial charge in [0.15, 0.2) is 5.82 Å². The number of rotatable bonds is 0. The second-order valence-corrected chi connectivity index (χ2v) is 6.07. The number of nitrogens with zero attached hydrogens (tertiary/aromatic N) is 3. The van der Waals surface area contributed by atoms with Gasteiger partial charge in [-0.15, -0.1) is 5.10 Å². The molecule has 0 bridgehead atoms. The summed E-state index contributed by atoms with van der Waals surface area (Å²) >= 11 is 0. The smallest absolute Gasteiger partial charge is 0.156 e. The molecule has 3 nitrogen and oxygen atoms in total. The van der Waals surface area contributed by atoms with E-state index in [4.69, 9.17) is 0 Å². The summed E-state index contributed by atoms with van der Waals surface area (Å²) in [5, 5.41) is 8.36. The summed E-state index contributed by atoms with van der Waals surface area (Å²) in [7, 11) is 0. The lowest BCUT2D eigenvalue weighted by molar-refractivity contribution is 0.495. The van der Waals surface area contributed by atoms with E-state index in [0.717, 1.165) is 17.2 Å². The Morgan fingerprint density at radius 3 is 1.73 bits per heavy atom. The second-order valence-electron chi connectivity index (χ2n) is 6.07. The SMILES string of the molecule is Cc1nnc(C(C)(C)C)nc1C(C)(C)C. The predicted molar refractivity (Wildman–Crippen MR) is 62.0 cm³/mol. The van der Waals surface area contributed by atoms with Gasteiger partial charge in [-0.25, -0.2) is 4.98 Å². The first-order chi connectivity index (χ1) is 6.62. The Morgan fingerprint density at radius 2 is 1.33 bits per heavy atom. The molecule has 0 aliphatic rings. The van der Waals surface area contributed by atoms with Crippen LogP contribution in [0.15, 0.2) is 0 Å². The number of aromatic nitrogens is 3. The molecule has 0 amide bonds. The molecule has 0 fully saturated rings. The van der Waals surface area contributed by atoms with Gasteiger partial charge < -0.3 is 0 Å². The highest BCUT2D eigenvalue weighted by molar-refractivity contribution is 5.19. The van der Waals surface area contributed by atoms with Gasteiger partial charge in [0.2, 0.25) is 0 Å². The highest BCUT2D eigenvalue weighted by atomic mass is 15.2. The zero-order valence-corrected chi connectivity index (χ0v) is 10.8. The van der Waals surface area contributed by atoms with E-state index in [9.17, 15) is 0 Å². The van der Waals surface area contributed by atoms with E-state index in [1.54, 1.807) is 0 Å². The Morgan fingerprint density at radius 1 is 0.800 bits per heavy atom. The maximum atomic E-state index is 4.64. The van der Waals surface area contributed by atoms with Crippen LogP contribution in [0.4, 0.5) is 0 Å². The average molecular weight is 207 g/mol. The van der Waals surface area contributed by atoms with Crippen molar-refractivity contribution in [1.29, 1.82) is 0 Å². The molecule has 0 radical (unpaired) electrons. The highest BCUT2D eigenvalue weighted by Crippen LogP contribution is 2.25. The molecule has 0 spiro atoms. The van der Waals surface area contributed by atoms with Crippen LogP contribution in [-0.4, -0.2) is 15.2 Å². The normalized spacial score (nSPS) is 13.0. The van der Waals surface area contributed by atoms with Gasteiger partial charge in [-0.1, -0.05) is 41.5 Å². The average Bonchev–Trinajstić information content (AvgIpc) is 2.00. The molecule has 0 aromatic carbocycles. The van der Waals surface area contributed by atoms with E-state index in [2.05, 4.69) is 56.7 Å². The van der Waals surface area contributed by atoms with Crippen molar-refractivity contribution in [3.8, 4) is 0 Å². The summed E-state index contributed by atoms with van der Waals surface area (Å²) in [5.41, 5.74) is 1.96. The van der Waals surface area contributed by atoms with Gasteiger partial charge in [0.25, 0.3) is 0 Å². The topological polar surface area (TPSA) is 38.7 Å². The predicted octanol–water partition coefficient (Wildman–Crippen LogP) is 2.78. The van der Waals surface area contributed by atoms with Crippen molar-refractivity contribution < 1.29 is 0 Å². The Hall–Kier alpha value is -0.990. The fourth-order valence-corrected chi connectivity index (χ4v) is 1.41. The van der Waals surface area contributed by atoms with Crippen LogP contribution in [0.5, 0.6) is 0 Å². The van der Waals surface area contributed by atoms with Gasteiger partial charge in [-0.05, 0) is 6.92 Å². The number of hydrogen-bond donors (Lipinski definition) is 0. The molecule has 0 N–H and O–H groups in total. The summed E-state index contributed by atoms with van der Waals surface area (Å²) in [4.78, 5) is 4.64. The molecule has 0 aliphatic carbocycles. The lowest BCUT2D eigenvalue weighted by Crippen LogP contribution is -2.24. The van der Waals surface area contributed by atoms with Crippen LogP contribution in [0.1, 0.15) is 58.8 Å². The molecule has 0 aliphatic heterocycles. The molecule has 15 heavy (non-hydrogen) atoms. The fourth-order valence-electron chi connectivity index (χ4n) is 1.41. The molecule has 0 unspecified atom stereocenters. The van der Waals surface area contributed by atoms with Crippen molar-refractivity contribution in [2.45, 2.75) is 59.3 Å². The van der Waals surface area contributed by atoms with Crippen LogP contribution in [0.2, 0.25) is 0 Å². The molecule has 0 atom stereocenters. The Bertz CT molecular complexity index is 356. The largest absolute Gasteiger partial charge is 0.233 e. The number of hydrogen-bond acceptors (Lipinski definition) is 3. The van der Waals surface area contributed by atoms with Gasteiger partial charge >= 0.3 is 0 Å². The van der Waals surface area contributed by atoms with Gasteiger partial charge in [0.05, 0.1) is 11.4 Å². The Balaban J connectivity index is 3.30.